The fourth-order valence-corrected chi connectivity index (χ4v) is 3.54. The number of methoxy groups -OCH3 is 3. The van der Waals surface area contributed by atoms with Crippen LogP contribution in [0.15, 0.2) is 66.7 Å². The molecule has 0 aliphatic carbocycles. The number of thiocarbonyl (C=S) groups is 1. The minimum absolute atomic E-state index is 0.138. The molecule has 1 amide bonds. The highest BCUT2D eigenvalue weighted by Gasteiger charge is 2.18. The van der Waals surface area contributed by atoms with Gasteiger partial charge in [-0.25, -0.2) is 0 Å². The molecule has 3 rings (SSSR count). The minimum Gasteiger partial charge on any atom is -0.493 e. The first-order chi connectivity index (χ1) is 16.5. The number of benzene rings is 3. The summed E-state index contributed by atoms with van der Waals surface area (Å²) in [6.07, 6.45) is 1.81. The molecule has 0 atom stereocenters. The standard InChI is InChI=1S/C26H28N2O5S/c1-30-22-16-19(17-23(31-2)24(22)32-3)25(29)28-26(34)27-20-13-7-8-14-21(20)33-15-9-12-18-10-5-4-6-11-18/h4-8,10-11,13-14,16-17H,9,12,15H2,1-3H3,(H2,27,28,29,34). The molecule has 34 heavy (non-hydrogen) atoms. The molecule has 7 nitrogen and oxygen atoms in total. The van der Waals surface area contributed by atoms with Gasteiger partial charge in [0.1, 0.15) is 5.75 Å². The number of aryl methyl sites for hydroxylation is 1. The van der Waals surface area contributed by atoms with Crippen LogP contribution in [0.3, 0.4) is 0 Å². The van der Waals surface area contributed by atoms with Gasteiger partial charge in [0.15, 0.2) is 16.6 Å². The first-order valence-corrected chi connectivity index (χ1v) is 11.1. The fraction of sp³-hybridized carbons (Fsp3) is 0.231. The van der Waals surface area contributed by atoms with E-state index in [2.05, 4.69) is 22.8 Å². The second-order valence-corrected chi connectivity index (χ2v) is 7.66. The molecule has 2 N–H and O–H groups in total. The van der Waals surface area contributed by atoms with Gasteiger partial charge >= 0.3 is 0 Å². The Morgan fingerprint density at radius 3 is 2.15 bits per heavy atom. The number of hydrogen-bond donors (Lipinski definition) is 2. The second kappa shape index (κ2) is 12.5. The number of carbonyl (C=O) groups is 1. The zero-order valence-electron chi connectivity index (χ0n) is 19.4. The van der Waals surface area contributed by atoms with E-state index in [1.165, 1.54) is 26.9 Å². The molecule has 178 valence electrons. The third-order valence-corrected chi connectivity index (χ3v) is 5.20. The van der Waals surface area contributed by atoms with Crippen LogP contribution in [0.1, 0.15) is 22.3 Å². The molecule has 0 saturated carbocycles. The largest absolute Gasteiger partial charge is 0.493 e. The van der Waals surface area contributed by atoms with E-state index in [9.17, 15) is 4.79 Å². The van der Waals surface area contributed by atoms with Gasteiger partial charge in [-0.1, -0.05) is 42.5 Å². The van der Waals surface area contributed by atoms with E-state index in [0.29, 0.717) is 40.9 Å². The number of hydrogen-bond acceptors (Lipinski definition) is 6. The predicted molar refractivity (Wildman–Crippen MR) is 136 cm³/mol. The summed E-state index contributed by atoms with van der Waals surface area (Å²) < 4.78 is 21.9. The lowest BCUT2D eigenvalue weighted by atomic mass is 10.1. The van der Waals surface area contributed by atoms with Crippen molar-refractivity contribution in [3.63, 3.8) is 0 Å². The average Bonchev–Trinajstić information content (AvgIpc) is 2.87. The maximum atomic E-state index is 12.8. The lowest BCUT2D eigenvalue weighted by molar-refractivity contribution is 0.0977. The molecule has 0 fully saturated rings. The normalized spacial score (nSPS) is 10.2. The molecule has 3 aromatic rings. The van der Waals surface area contributed by atoms with Crippen molar-refractivity contribution < 1.29 is 23.7 Å². The van der Waals surface area contributed by atoms with Crippen LogP contribution in [0.5, 0.6) is 23.0 Å². The molecule has 0 bridgehead atoms. The van der Waals surface area contributed by atoms with E-state index >= 15 is 0 Å². The quantitative estimate of drug-likeness (QED) is 0.317. The van der Waals surface area contributed by atoms with Crippen LogP contribution in [-0.4, -0.2) is 39.0 Å². The summed E-state index contributed by atoms with van der Waals surface area (Å²) in [5.74, 6) is 1.39. The van der Waals surface area contributed by atoms with Gasteiger partial charge in [-0.05, 0) is 54.9 Å². The van der Waals surface area contributed by atoms with Crippen LogP contribution in [0, 0.1) is 0 Å². The van der Waals surface area contributed by atoms with Crippen LogP contribution in [-0.2, 0) is 6.42 Å². The fourth-order valence-electron chi connectivity index (χ4n) is 3.34. The van der Waals surface area contributed by atoms with Gasteiger partial charge in [0, 0.05) is 5.56 Å². The highest BCUT2D eigenvalue weighted by molar-refractivity contribution is 7.80. The molecule has 8 heteroatoms. The summed E-state index contributed by atoms with van der Waals surface area (Å²) in [6, 6.07) is 20.8. The van der Waals surface area contributed by atoms with E-state index in [4.69, 9.17) is 31.2 Å². The lowest BCUT2D eigenvalue weighted by Crippen LogP contribution is -2.34. The highest BCUT2D eigenvalue weighted by atomic mass is 32.1. The van der Waals surface area contributed by atoms with Gasteiger partial charge in [-0.15, -0.1) is 0 Å². The Bertz CT molecular complexity index is 1100. The maximum absolute atomic E-state index is 12.8. The van der Waals surface area contributed by atoms with Gasteiger partial charge in [0.05, 0.1) is 33.6 Å². The van der Waals surface area contributed by atoms with Gasteiger partial charge in [-0.3, -0.25) is 10.1 Å². The Labute approximate surface area is 205 Å². The monoisotopic (exact) mass is 480 g/mol. The van der Waals surface area contributed by atoms with E-state index in [0.717, 1.165) is 12.8 Å². The van der Waals surface area contributed by atoms with Crippen LogP contribution in [0.4, 0.5) is 5.69 Å². The summed E-state index contributed by atoms with van der Waals surface area (Å²) in [6.45, 7) is 0.554. The van der Waals surface area contributed by atoms with Crippen molar-refractivity contribution >= 4 is 28.9 Å². The highest BCUT2D eigenvalue weighted by Crippen LogP contribution is 2.38. The topological polar surface area (TPSA) is 78.1 Å². The molecule has 0 aliphatic heterocycles. The lowest BCUT2D eigenvalue weighted by Gasteiger charge is -2.16. The van der Waals surface area contributed by atoms with Crippen LogP contribution in [0.2, 0.25) is 0 Å². The SMILES string of the molecule is COc1cc(C(=O)NC(=S)Nc2ccccc2OCCCc2ccccc2)cc(OC)c1OC. The van der Waals surface area contributed by atoms with Crippen molar-refractivity contribution in [2.45, 2.75) is 12.8 Å². The average molecular weight is 481 g/mol. The van der Waals surface area contributed by atoms with Crippen molar-refractivity contribution in [1.82, 2.24) is 5.32 Å². The number of anilines is 1. The van der Waals surface area contributed by atoms with Crippen molar-refractivity contribution in [1.29, 1.82) is 0 Å². The zero-order chi connectivity index (χ0) is 24.3. The smallest absolute Gasteiger partial charge is 0.257 e. The molecule has 0 spiro atoms. The molecule has 0 radical (unpaired) electrons. The molecule has 3 aromatic carbocycles. The van der Waals surface area contributed by atoms with E-state index < -0.39 is 5.91 Å². The molecular formula is C26H28N2O5S. The summed E-state index contributed by atoms with van der Waals surface area (Å²) in [5, 5.41) is 5.85. The molecule has 0 aliphatic rings. The summed E-state index contributed by atoms with van der Waals surface area (Å²) >= 11 is 5.36. The van der Waals surface area contributed by atoms with Crippen LogP contribution in [0.25, 0.3) is 0 Å². The van der Waals surface area contributed by atoms with Crippen LogP contribution < -0.4 is 29.6 Å². The summed E-state index contributed by atoms with van der Waals surface area (Å²) in [5.41, 5.74) is 2.25. The molecule has 0 aromatic heterocycles. The van der Waals surface area contributed by atoms with E-state index in [1.54, 1.807) is 12.1 Å². The predicted octanol–water partition coefficient (Wildman–Crippen LogP) is 4.85. The Balaban J connectivity index is 1.60. The molecule has 0 saturated heterocycles. The number of ether oxygens (including phenoxy) is 4. The van der Waals surface area contributed by atoms with E-state index in [-0.39, 0.29) is 5.11 Å². The molecule has 0 heterocycles. The van der Waals surface area contributed by atoms with Gasteiger partial charge in [0.25, 0.3) is 5.91 Å². The Hall–Kier alpha value is -3.78. The molecule has 0 unspecified atom stereocenters. The van der Waals surface area contributed by atoms with Crippen molar-refractivity contribution in [3.8, 4) is 23.0 Å². The summed E-state index contributed by atoms with van der Waals surface area (Å²) in [4.78, 5) is 12.8. The van der Waals surface area contributed by atoms with Crippen LogP contribution >= 0.6 is 12.2 Å². The third-order valence-electron chi connectivity index (χ3n) is 5.00. The van der Waals surface area contributed by atoms with Gasteiger partial charge in [0.2, 0.25) is 5.75 Å². The van der Waals surface area contributed by atoms with Crippen molar-refractivity contribution in [2.24, 2.45) is 0 Å². The third kappa shape index (κ3) is 6.62. The molecular weight excluding hydrogens is 452 g/mol. The zero-order valence-corrected chi connectivity index (χ0v) is 20.2. The Kier molecular flexibility index (Phi) is 9.11. The number of amides is 1. The first-order valence-electron chi connectivity index (χ1n) is 10.7. The second-order valence-electron chi connectivity index (χ2n) is 7.26. The Morgan fingerprint density at radius 2 is 1.50 bits per heavy atom. The maximum Gasteiger partial charge on any atom is 0.257 e. The van der Waals surface area contributed by atoms with Crippen molar-refractivity contribution in [2.75, 3.05) is 33.3 Å². The first kappa shape index (κ1) is 24.9. The number of para-hydroxylation sites is 2. The number of rotatable bonds is 10. The van der Waals surface area contributed by atoms with Gasteiger partial charge < -0.3 is 24.3 Å². The number of nitrogens with one attached hydrogen (secondary N) is 2. The minimum atomic E-state index is -0.419. The Morgan fingerprint density at radius 1 is 0.853 bits per heavy atom. The van der Waals surface area contributed by atoms with Crippen molar-refractivity contribution in [3.05, 3.63) is 77.9 Å². The van der Waals surface area contributed by atoms with Gasteiger partial charge in [-0.2, -0.15) is 0 Å². The number of carbonyl (C=O) groups excluding carboxylic acids is 1. The van der Waals surface area contributed by atoms with E-state index in [1.807, 2.05) is 42.5 Å². The summed E-state index contributed by atoms with van der Waals surface area (Å²) in [7, 11) is 4.48.